The zero-order chi connectivity index (χ0) is 27.5. The number of carbonyl (C=O) groups excluding carboxylic acids is 2. The van der Waals surface area contributed by atoms with E-state index in [2.05, 4.69) is 15.8 Å². The van der Waals surface area contributed by atoms with E-state index in [1.807, 2.05) is 37.3 Å². The third-order valence-corrected chi connectivity index (χ3v) is 5.89. The van der Waals surface area contributed by atoms with Gasteiger partial charge >= 0.3 is 0 Å². The van der Waals surface area contributed by atoms with Crippen molar-refractivity contribution in [2.24, 2.45) is 5.10 Å². The maximum Gasteiger partial charge on any atom is 0.262 e. The Labute approximate surface area is 231 Å². The summed E-state index contributed by atoms with van der Waals surface area (Å²) in [4.78, 5) is 26.0. The van der Waals surface area contributed by atoms with Crippen LogP contribution in [0, 0.1) is 0 Å². The van der Waals surface area contributed by atoms with E-state index in [1.54, 1.807) is 44.4 Å². The third kappa shape index (κ3) is 8.39. The van der Waals surface area contributed by atoms with Gasteiger partial charge in [0.2, 0.25) is 0 Å². The van der Waals surface area contributed by atoms with Crippen LogP contribution in [0.2, 0.25) is 10.0 Å². The number of halogens is 2. The lowest BCUT2D eigenvalue weighted by Gasteiger charge is -2.21. The quantitative estimate of drug-likeness (QED) is 0.240. The minimum absolute atomic E-state index is 0.249. The van der Waals surface area contributed by atoms with Crippen molar-refractivity contribution < 1.29 is 23.8 Å². The number of carbonyl (C=O) groups is 2. The van der Waals surface area contributed by atoms with E-state index in [9.17, 15) is 9.59 Å². The predicted molar refractivity (Wildman–Crippen MR) is 149 cm³/mol. The summed E-state index contributed by atoms with van der Waals surface area (Å²) in [6, 6.07) is 18.4. The number of nitrogens with one attached hydrogen (secondary N) is 2. The Morgan fingerprint density at radius 2 is 1.71 bits per heavy atom. The van der Waals surface area contributed by atoms with Gasteiger partial charge in [0.1, 0.15) is 11.8 Å². The fourth-order valence-electron chi connectivity index (χ4n) is 3.45. The first-order chi connectivity index (χ1) is 18.3. The van der Waals surface area contributed by atoms with Crippen LogP contribution in [0.25, 0.3) is 0 Å². The van der Waals surface area contributed by atoms with Gasteiger partial charge in [-0.15, -0.1) is 0 Å². The Kier molecular flexibility index (Phi) is 10.8. The molecule has 0 spiro atoms. The molecule has 38 heavy (non-hydrogen) atoms. The molecule has 0 aliphatic carbocycles. The predicted octanol–water partition coefficient (Wildman–Crippen LogP) is 5.05. The highest BCUT2D eigenvalue weighted by atomic mass is 35.5. The summed E-state index contributed by atoms with van der Waals surface area (Å²) in [5, 5.41) is 7.53. The second kappa shape index (κ2) is 14.3. The topological polar surface area (TPSA) is 98.2 Å². The summed E-state index contributed by atoms with van der Waals surface area (Å²) in [5.41, 5.74) is 4.06. The van der Waals surface area contributed by atoms with Gasteiger partial charge in [-0.2, -0.15) is 5.10 Å². The van der Waals surface area contributed by atoms with E-state index >= 15 is 0 Å². The number of hydrogen-bond acceptors (Lipinski definition) is 6. The smallest absolute Gasteiger partial charge is 0.262 e. The minimum Gasteiger partial charge on any atom is -0.493 e. The second-order valence-corrected chi connectivity index (χ2v) is 9.01. The molecule has 0 fully saturated rings. The van der Waals surface area contributed by atoms with Crippen LogP contribution in [-0.4, -0.2) is 43.9 Å². The normalized spacial score (nSPS) is 12.4. The SMILES string of the molecule is CCOc1ccc(/C=N\NC(=O)[C@H](Cc2ccccc2)NC(=O)[C@H](C)Oc2ccc(Cl)cc2Cl)cc1OC. The third-order valence-electron chi connectivity index (χ3n) is 5.36. The summed E-state index contributed by atoms with van der Waals surface area (Å²) >= 11 is 12.1. The molecule has 0 bridgehead atoms. The molecule has 0 aliphatic heterocycles. The van der Waals surface area contributed by atoms with Gasteiger partial charge in [0, 0.05) is 11.4 Å². The van der Waals surface area contributed by atoms with Crippen molar-refractivity contribution >= 4 is 41.2 Å². The molecule has 2 atom stereocenters. The number of benzene rings is 3. The van der Waals surface area contributed by atoms with Gasteiger partial charge < -0.3 is 19.5 Å². The molecule has 0 aliphatic rings. The molecule has 3 aromatic rings. The fourth-order valence-corrected chi connectivity index (χ4v) is 3.90. The van der Waals surface area contributed by atoms with Crippen LogP contribution in [0.15, 0.2) is 71.8 Å². The molecule has 0 saturated carbocycles. The number of ether oxygens (including phenoxy) is 3. The molecular weight excluding hydrogens is 529 g/mol. The molecule has 8 nitrogen and oxygen atoms in total. The number of hydrazone groups is 1. The molecule has 0 unspecified atom stereocenters. The molecule has 3 rings (SSSR count). The lowest BCUT2D eigenvalue weighted by atomic mass is 10.1. The lowest BCUT2D eigenvalue weighted by molar-refractivity contribution is -0.132. The van der Waals surface area contributed by atoms with Gasteiger partial charge in [-0.05, 0) is 61.4 Å². The van der Waals surface area contributed by atoms with Gasteiger partial charge in [0.25, 0.3) is 11.8 Å². The maximum absolute atomic E-state index is 13.0. The first-order valence-corrected chi connectivity index (χ1v) is 12.7. The average molecular weight is 558 g/mol. The van der Waals surface area contributed by atoms with Gasteiger partial charge in [-0.3, -0.25) is 9.59 Å². The molecule has 10 heteroatoms. The highest BCUT2D eigenvalue weighted by Gasteiger charge is 2.25. The van der Waals surface area contributed by atoms with E-state index in [4.69, 9.17) is 37.4 Å². The van der Waals surface area contributed by atoms with Crippen molar-refractivity contribution in [3.63, 3.8) is 0 Å². The lowest BCUT2D eigenvalue weighted by Crippen LogP contribution is -2.50. The van der Waals surface area contributed by atoms with Crippen LogP contribution >= 0.6 is 23.2 Å². The number of amides is 2. The highest BCUT2D eigenvalue weighted by Crippen LogP contribution is 2.29. The molecular formula is C28H29Cl2N3O5. The van der Waals surface area contributed by atoms with Crippen LogP contribution in [0.4, 0.5) is 0 Å². The largest absolute Gasteiger partial charge is 0.493 e. The molecule has 0 heterocycles. The number of hydrogen-bond donors (Lipinski definition) is 2. The highest BCUT2D eigenvalue weighted by molar-refractivity contribution is 6.35. The van der Waals surface area contributed by atoms with Crippen molar-refractivity contribution in [3.8, 4) is 17.2 Å². The number of nitrogens with zero attached hydrogens (tertiary/aromatic N) is 1. The van der Waals surface area contributed by atoms with Crippen molar-refractivity contribution in [2.75, 3.05) is 13.7 Å². The molecule has 3 aromatic carbocycles. The van der Waals surface area contributed by atoms with Crippen LogP contribution < -0.4 is 25.0 Å². The Morgan fingerprint density at radius 3 is 2.39 bits per heavy atom. The van der Waals surface area contributed by atoms with Gasteiger partial charge in [0.15, 0.2) is 17.6 Å². The van der Waals surface area contributed by atoms with Crippen molar-refractivity contribution in [3.05, 3.63) is 87.9 Å². The van der Waals surface area contributed by atoms with Gasteiger partial charge in [-0.25, -0.2) is 5.43 Å². The Bertz CT molecular complexity index is 1270. The standard InChI is InChI=1S/C28H29Cl2N3O5/c1-4-37-25-12-10-20(15-26(25)36-3)17-31-33-28(35)23(14-19-8-6-5-7-9-19)32-27(34)18(2)38-24-13-11-21(29)16-22(24)30/h5-13,15-18,23H,4,14H2,1-3H3,(H,32,34)(H,33,35)/b31-17-/t18-,23-/m0/s1. The second-order valence-electron chi connectivity index (χ2n) is 8.16. The van der Waals surface area contributed by atoms with E-state index in [-0.39, 0.29) is 11.4 Å². The maximum atomic E-state index is 13.0. The Morgan fingerprint density at radius 1 is 0.974 bits per heavy atom. The summed E-state index contributed by atoms with van der Waals surface area (Å²) in [6.07, 6.45) is 0.796. The monoisotopic (exact) mass is 557 g/mol. The van der Waals surface area contributed by atoms with Crippen LogP contribution in [0.5, 0.6) is 17.2 Å². The summed E-state index contributed by atoms with van der Waals surface area (Å²) in [5.74, 6) is 0.475. The van der Waals surface area contributed by atoms with Gasteiger partial charge in [-0.1, -0.05) is 53.5 Å². The zero-order valence-corrected chi connectivity index (χ0v) is 22.8. The first-order valence-electron chi connectivity index (χ1n) is 11.9. The van der Waals surface area contributed by atoms with E-state index in [0.29, 0.717) is 34.4 Å². The average Bonchev–Trinajstić information content (AvgIpc) is 2.91. The Hall–Kier alpha value is -3.75. The Balaban J connectivity index is 1.69. The van der Waals surface area contributed by atoms with Crippen LogP contribution in [-0.2, 0) is 16.0 Å². The fraction of sp³-hybridized carbons (Fsp3) is 0.250. The molecule has 200 valence electrons. The minimum atomic E-state index is -0.931. The molecule has 0 radical (unpaired) electrons. The number of methoxy groups -OCH3 is 1. The van der Waals surface area contributed by atoms with Crippen molar-refractivity contribution in [2.45, 2.75) is 32.4 Å². The van der Waals surface area contributed by atoms with Gasteiger partial charge in [0.05, 0.1) is 25.0 Å². The number of rotatable bonds is 12. The first kappa shape index (κ1) is 28.8. The van der Waals surface area contributed by atoms with E-state index < -0.39 is 24.0 Å². The van der Waals surface area contributed by atoms with Crippen molar-refractivity contribution in [1.82, 2.24) is 10.7 Å². The summed E-state index contributed by atoms with van der Waals surface area (Å²) < 4.78 is 16.6. The molecule has 0 saturated heterocycles. The molecule has 0 aromatic heterocycles. The van der Waals surface area contributed by atoms with Crippen molar-refractivity contribution in [1.29, 1.82) is 0 Å². The summed E-state index contributed by atoms with van der Waals surface area (Å²) in [7, 11) is 1.54. The summed E-state index contributed by atoms with van der Waals surface area (Å²) in [6.45, 7) is 3.95. The van der Waals surface area contributed by atoms with Crippen LogP contribution in [0.1, 0.15) is 25.0 Å². The zero-order valence-electron chi connectivity index (χ0n) is 21.2. The van der Waals surface area contributed by atoms with E-state index in [1.165, 1.54) is 12.3 Å². The molecule has 2 N–H and O–H groups in total. The van der Waals surface area contributed by atoms with Crippen LogP contribution in [0.3, 0.4) is 0 Å². The van der Waals surface area contributed by atoms with E-state index in [0.717, 1.165) is 5.56 Å². The molecule has 2 amide bonds.